The second kappa shape index (κ2) is 9.39. The molecule has 5 rings (SSSR count). The van der Waals surface area contributed by atoms with Crippen LogP contribution in [0.2, 0.25) is 0 Å². The molecule has 0 bridgehead atoms. The molecule has 1 N–H and O–H groups in total. The molecule has 0 unspecified atom stereocenters. The number of nitriles is 1. The number of para-hydroxylation sites is 1. The molecule has 2 aromatic heterocycles. The highest BCUT2D eigenvalue weighted by molar-refractivity contribution is 7.99. The molecule has 35 heavy (non-hydrogen) atoms. The van der Waals surface area contributed by atoms with Gasteiger partial charge in [0.05, 0.1) is 11.3 Å². The third-order valence-corrected chi connectivity index (χ3v) is 7.04. The quantitative estimate of drug-likeness (QED) is 0.359. The van der Waals surface area contributed by atoms with Crippen molar-refractivity contribution in [3.8, 4) is 17.4 Å². The molecule has 2 heterocycles. The lowest BCUT2D eigenvalue weighted by molar-refractivity contribution is -0.113. The Morgan fingerprint density at radius 3 is 2.43 bits per heavy atom. The molecular formula is C26H23FN6OS. The van der Waals surface area contributed by atoms with Gasteiger partial charge in [0.2, 0.25) is 5.91 Å². The zero-order valence-corrected chi connectivity index (χ0v) is 20.1. The SMILES string of the molecule is Cc1c(C#N)c(NC(=O)CSc2nnc(C3CC3)n2-c2ccccc2)n(-c2ccc(F)cc2)c1C. The van der Waals surface area contributed by atoms with E-state index in [1.54, 1.807) is 16.7 Å². The first-order chi connectivity index (χ1) is 17.0. The van der Waals surface area contributed by atoms with Crippen molar-refractivity contribution in [2.45, 2.75) is 37.8 Å². The molecule has 4 aromatic rings. The summed E-state index contributed by atoms with van der Waals surface area (Å²) in [7, 11) is 0. The molecule has 0 spiro atoms. The molecule has 1 saturated carbocycles. The van der Waals surface area contributed by atoms with E-state index in [0.29, 0.717) is 28.1 Å². The van der Waals surface area contributed by atoms with Gasteiger partial charge in [-0.1, -0.05) is 30.0 Å². The van der Waals surface area contributed by atoms with Crippen LogP contribution in [0.25, 0.3) is 11.4 Å². The summed E-state index contributed by atoms with van der Waals surface area (Å²) in [5.74, 6) is 1.15. The van der Waals surface area contributed by atoms with E-state index in [4.69, 9.17) is 0 Å². The first kappa shape index (κ1) is 22.9. The highest BCUT2D eigenvalue weighted by atomic mass is 32.2. The Balaban J connectivity index is 1.40. The van der Waals surface area contributed by atoms with Crippen molar-refractivity contribution in [1.29, 1.82) is 5.26 Å². The summed E-state index contributed by atoms with van der Waals surface area (Å²) < 4.78 is 17.3. The lowest BCUT2D eigenvalue weighted by Gasteiger charge is -2.13. The number of halogens is 1. The average molecular weight is 487 g/mol. The van der Waals surface area contributed by atoms with Gasteiger partial charge in [0.25, 0.3) is 0 Å². The Labute approximate surface area is 206 Å². The van der Waals surface area contributed by atoms with Crippen molar-refractivity contribution < 1.29 is 9.18 Å². The maximum absolute atomic E-state index is 13.5. The van der Waals surface area contributed by atoms with Gasteiger partial charge in [0, 0.05) is 23.0 Å². The summed E-state index contributed by atoms with van der Waals surface area (Å²) in [4.78, 5) is 13.0. The minimum Gasteiger partial charge on any atom is -0.310 e. The Bertz CT molecular complexity index is 1430. The fourth-order valence-electron chi connectivity index (χ4n) is 4.07. The molecule has 1 aliphatic carbocycles. The van der Waals surface area contributed by atoms with E-state index in [-0.39, 0.29) is 17.5 Å². The number of carbonyl (C=O) groups excluding carboxylic acids is 1. The van der Waals surface area contributed by atoms with Gasteiger partial charge in [-0.2, -0.15) is 5.26 Å². The van der Waals surface area contributed by atoms with Crippen molar-refractivity contribution in [1.82, 2.24) is 19.3 Å². The van der Waals surface area contributed by atoms with E-state index in [1.165, 1.54) is 23.9 Å². The highest BCUT2D eigenvalue weighted by Crippen LogP contribution is 2.41. The van der Waals surface area contributed by atoms with Crippen LogP contribution in [0.5, 0.6) is 0 Å². The third kappa shape index (κ3) is 4.45. The summed E-state index contributed by atoms with van der Waals surface area (Å²) in [6, 6.07) is 18.0. The van der Waals surface area contributed by atoms with Gasteiger partial charge in [0.15, 0.2) is 5.16 Å². The summed E-state index contributed by atoms with van der Waals surface area (Å²) >= 11 is 1.30. The lowest BCUT2D eigenvalue weighted by atomic mass is 10.2. The number of benzene rings is 2. The Hall–Kier alpha value is -3.90. The van der Waals surface area contributed by atoms with Crippen LogP contribution in [-0.2, 0) is 4.79 Å². The number of carbonyl (C=O) groups is 1. The lowest BCUT2D eigenvalue weighted by Crippen LogP contribution is -2.18. The van der Waals surface area contributed by atoms with Crippen molar-refractivity contribution in [3.05, 3.63) is 83.1 Å². The van der Waals surface area contributed by atoms with Gasteiger partial charge >= 0.3 is 0 Å². The first-order valence-electron chi connectivity index (χ1n) is 11.3. The molecule has 0 aliphatic heterocycles. The summed E-state index contributed by atoms with van der Waals surface area (Å²) in [5, 5.41) is 22.1. The van der Waals surface area contributed by atoms with Crippen LogP contribution in [0, 0.1) is 31.0 Å². The van der Waals surface area contributed by atoms with Crippen LogP contribution in [0.1, 0.15) is 41.4 Å². The second-order valence-corrected chi connectivity index (χ2v) is 9.42. The molecule has 2 aromatic carbocycles. The van der Waals surface area contributed by atoms with E-state index in [1.807, 2.05) is 48.7 Å². The normalized spacial score (nSPS) is 13.0. The number of amides is 1. The monoisotopic (exact) mass is 486 g/mol. The number of hydrogen-bond donors (Lipinski definition) is 1. The van der Waals surface area contributed by atoms with Crippen LogP contribution in [0.15, 0.2) is 59.8 Å². The predicted molar refractivity (Wildman–Crippen MR) is 133 cm³/mol. The molecule has 9 heteroatoms. The van der Waals surface area contributed by atoms with Crippen LogP contribution < -0.4 is 5.32 Å². The summed E-state index contributed by atoms with van der Waals surface area (Å²) in [5.41, 5.74) is 3.57. The van der Waals surface area contributed by atoms with Crippen LogP contribution >= 0.6 is 11.8 Å². The van der Waals surface area contributed by atoms with Crippen LogP contribution in [0.3, 0.4) is 0 Å². The molecule has 0 saturated heterocycles. The summed E-state index contributed by atoms with van der Waals surface area (Å²) in [6.45, 7) is 3.70. The zero-order chi connectivity index (χ0) is 24.5. The number of rotatable bonds is 7. The van der Waals surface area contributed by atoms with Gasteiger partial charge in [0.1, 0.15) is 23.5 Å². The minimum absolute atomic E-state index is 0.0905. The molecule has 0 atom stereocenters. The number of aromatic nitrogens is 4. The van der Waals surface area contributed by atoms with E-state index >= 15 is 0 Å². The fraction of sp³-hybridized carbons (Fsp3) is 0.231. The van der Waals surface area contributed by atoms with Crippen molar-refractivity contribution in [2.24, 2.45) is 0 Å². The van der Waals surface area contributed by atoms with Gasteiger partial charge in [-0.25, -0.2) is 4.39 Å². The van der Waals surface area contributed by atoms with E-state index in [2.05, 4.69) is 21.6 Å². The largest absolute Gasteiger partial charge is 0.310 e. The zero-order valence-electron chi connectivity index (χ0n) is 19.3. The van der Waals surface area contributed by atoms with Crippen LogP contribution in [0.4, 0.5) is 10.2 Å². The van der Waals surface area contributed by atoms with Gasteiger partial charge in [-0.3, -0.25) is 13.9 Å². The van der Waals surface area contributed by atoms with Gasteiger partial charge in [-0.05, 0) is 68.7 Å². The Morgan fingerprint density at radius 1 is 1.09 bits per heavy atom. The number of thioether (sulfide) groups is 1. The molecule has 7 nitrogen and oxygen atoms in total. The maximum atomic E-state index is 13.5. The van der Waals surface area contributed by atoms with Crippen molar-refractivity contribution in [3.63, 3.8) is 0 Å². The minimum atomic E-state index is -0.356. The molecular weight excluding hydrogens is 463 g/mol. The predicted octanol–water partition coefficient (Wildman–Crippen LogP) is 5.29. The smallest absolute Gasteiger partial charge is 0.236 e. The van der Waals surface area contributed by atoms with E-state index in [9.17, 15) is 14.4 Å². The summed E-state index contributed by atoms with van der Waals surface area (Å²) in [6.07, 6.45) is 2.18. The van der Waals surface area contributed by atoms with Crippen molar-refractivity contribution >= 4 is 23.5 Å². The second-order valence-electron chi connectivity index (χ2n) is 8.48. The highest BCUT2D eigenvalue weighted by Gasteiger charge is 2.31. The number of nitrogens with one attached hydrogen (secondary N) is 1. The van der Waals surface area contributed by atoms with E-state index < -0.39 is 0 Å². The number of anilines is 1. The molecule has 1 fully saturated rings. The molecule has 1 amide bonds. The molecule has 0 radical (unpaired) electrons. The average Bonchev–Trinajstić information content (AvgIpc) is 3.58. The Morgan fingerprint density at radius 2 is 1.77 bits per heavy atom. The van der Waals surface area contributed by atoms with Crippen molar-refractivity contribution in [2.75, 3.05) is 11.1 Å². The maximum Gasteiger partial charge on any atom is 0.236 e. The molecule has 176 valence electrons. The van der Waals surface area contributed by atoms with Gasteiger partial charge in [-0.15, -0.1) is 10.2 Å². The van der Waals surface area contributed by atoms with Gasteiger partial charge < -0.3 is 5.32 Å². The fourth-order valence-corrected chi connectivity index (χ4v) is 4.83. The first-order valence-corrected chi connectivity index (χ1v) is 12.3. The van der Waals surface area contributed by atoms with Crippen LogP contribution in [-0.4, -0.2) is 31.0 Å². The topological polar surface area (TPSA) is 88.5 Å². The van der Waals surface area contributed by atoms with E-state index in [0.717, 1.165) is 35.6 Å². The molecule has 1 aliphatic rings. The number of nitrogens with zero attached hydrogens (tertiary/aromatic N) is 5. The number of hydrogen-bond acceptors (Lipinski definition) is 5. The third-order valence-electron chi connectivity index (χ3n) is 6.12. The Kier molecular flexibility index (Phi) is 6.14. The standard InChI is InChI=1S/C26H23FN6OS/c1-16-17(2)32(21-12-10-19(27)11-13-21)25(22(16)14-28)29-23(34)15-35-26-31-30-24(18-8-9-18)33(26)20-6-4-3-5-7-20/h3-7,10-13,18H,8-9,15H2,1-2H3,(H,29,34).